The van der Waals surface area contributed by atoms with Crippen LogP contribution in [0.25, 0.3) is 11.3 Å². The molecule has 3 rings (SSSR count). The van der Waals surface area contributed by atoms with Crippen LogP contribution in [-0.4, -0.2) is 50.8 Å². The van der Waals surface area contributed by atoms with Gasteiger partial charge >= 0.3 is 6.09 Å². The lowest BCUT2D eigenvalue weighted by molar-refractivity contribution is 0.0536. The van der Waals surface area contributed by atoms with E-state index < -0.39 is 36.0 Å². The van der Waals surface area contributed by atoms with Gasteiger partial charge in [-0.15, -0.1) is 0 Å². The van der Waals surface area contributed by atoms with Crippen molar-refractivity contribution in [2.24, 2.45) is 0 Å². The molecule has 212 valence electrons. The first-order valence-corrected chi connectivity index (χ1v) is 17.6. The third-order valence-electron chi connectivity index (χ3n) is 6.70. The summed E-state index contributed by atoms with van der Waals surface area (Å²) in [6.45, 7) is 16.7. The lowest BCUT2D eigenvalue weighted by atomic mass is 10.1. The van der Waals surface area contributed by atoms with E-state index in [2.05, 4.69) is 38.8 Å². The van der Waals surface area contributed by atoms with Crippen LogP contribution in [0.5, 0.6) is 5.75 Å². The Hall–Kier alpha value is -2.95. The predicted octanol–water partition coefficient (Wildman–Crippen LogP) is 6.88. The number of hydrogen-bond donors (Lipinski definition) is 0. The highest BCUT2D eigenvalue weighted by atomic mass is 32.2. The molecule has 3 aromatic rings. The van der Waals surface area contributed by atoms with E-state index >= 15 is 0 Å². The van der Waals surface area contributed by atoms with Crippen molar-refractivity contribution in [3.63, 3.8) is 0 Å². The molecular formula is C29H40N2O6SSi. The smallest absolute Gasteiger partial charge is 0.419 e. The van der Waals surface area contributed by atoms with Gasteiger partial charge in [-0.05, 0) is 80.9 Å². The van der Waals surface area contributed by atoms with Crippen LogP contribution < -0.4 is 4.74 Å². The highest BCUT2D eigenvalue weighted by molar-refractivity contribution is 7.90. The zero-order valence-corrected chi connectivity index (χ0v) is 26.1. The van der Waals surface area contributed by atoms with Crippen LogP contribution >= 0.6 is 0 Å². The van der Waals surface area contributed by atoms with E-state index in [-0.39, 0.29) is 9.93 Å². The fraction of sp³-hybridized carbons (Fsp3) is 0.448. The van der Waals surface area contributed by atoms with Crippen LogP contribution in [0.4, 0.5) is 4.79 Å². The number of nitrogens with zero attached hydrogens (tertiary/aromatic N) is 2. The first-order chi connectivity index (χ1) is 17.9. The highest BCUT2D eigenvalue weighted by Crippen LogP contribution is 2.37. The normalized spacial score (nSPS) is 13.7. The SMILES string of the molecule is CC(C)(C)OC(=O)n1cnc(-c2ccc(OC(CO[Si](C)(C)C(C)(C)C)c3ccc(S(C)(=O)=O)cc3)cc2)c1. The van der Waals surface area contributed by atoms with Gasteiger partial charge in [-0.2, -0.15) is 0 Å². The topological polar surface area (TPSA) is 96.7 Å². The average Bonchev–Trinajstić information content (AvgIpc) is 3.30. The Labute approximate surface area is 233 Å². The van der Waals surface area contributed by atoms with Crippen molar-refractivity contribution in [3.05, 3.63) is 66.6 Å². The lowest BCUT2D eigenvalue weighted by Crippen LogP contribution is -2.42. The summed E-state index contributed by atoms with van der Waals surface area (Å²) < 4.78 is 43.4. The number of aromatic nitrogens is 2. The third-order valence-corrected chi connectivity index (χ3v) is 12.3. The zero-order chi connectivity index (χ0) is 29.2. The van der Waals surface area contributed by atoms with Gasteiger partial charge in [0, 0.05) is 18.0 Å². The molecule has 0 N–H and O–H groups in total. The molecule has 1 aromatic heterocycles. The molecule has 0 bridgehead atoms. The van der Waals surface area contributed by atoms with Gasteiger partial charge < -0.3 is 13.9 Å². The van der Waals surface area contributed by atoms with Gasteiger partial charge in [0.1, 0.15) is 23.8 Å². The minimum atomic E-state index is -3.30. The van der Waals surface area contributed by atoms with E-state index in [1.807, 2.05) is 45.0 Å². The van der Waals surface area contributed by atoms with Crippen molar-refractivity contribution >= 4 is 24.2 Å². The number of imidazole rings is 1. The van der Waals surface area contributed by atoms with Crippen LogP contribution in [0, 0.1) is 0 Å². The molecule has 0 saturated heterocycles. The van der Waals surface area contributed by atoms with Crippen molar-refractivity contribution in [2.75, 3.05) is 12.9 Å². The predicted molar refractivity (Wildman–Crippen MR) is 155 cm³/mol. The number of hydrogen-bond acceptors (Lipinski definition) is 7. The standard InChI is InChI=1S/C29H40N2O6SSi/c1-28(2,3)37-27(32)31-18-25(30-20-31)21-10-14-23(15-11-21)36-26(19-35-39(8,9)29(4,5)6)22-12-16-24(17-13-22)38(7,33)34/h10-18,20,26H,19H2,1-9H3. The Balaban J connectivity index is 1.81. The Kier molecular flexibility index (Phi) is 8.84. The molecule has 8 nitrogen and oxygen atoms in total. The molecule has 0 saturated carbocycles. The van der Waals surface area contributed by atoms with E-state index in [9.17, 15) is 13.2 Å². The number of carbonyl (C=O) groups is 1. The quantitative estimate of drug-likeness (QED) is 0.272. The maximum atomic E-state index is 12.3. The Morgan fingerprint density at radius 2 is 1.56 bits per heavy atom. The number of benzene rings is 2. The van der Waals surface area contributed by atoms with Crippen LogP contribution in [0.2, 0.25) is 18.1 Å². The van der Waals surface area contributed by atoms with Crippen LogP contribution in [0.3, 0.4) is 0 Å². The summed E-state index contributed by atoms with van der Waals surface area (Å²) in [5.74, 6) is 0.626. The highest BCUT2D eigenvalue weighted by Gasteiger charge is 2.38. The minimum Gasteiger partial charge on any atom is -0.483 e. The van der Waals surface area contributed by atoms with Gasteiger partial charge in [-0.1, -0.05) is 32.9 Å². The largest absolute Gasteiger partial charge is 0.483 e. The Morgan fingerprint density at radius 3 is 2.08 bits per heavy atom. The van der Waals surface area contributed by atoms with Crippen molar-refractivity contribution in [1.82, 2.24) is 9.55 Å². The first kappa shape index (κ1) is 30.6. The zero-order valence-electron chi connectivity index (χ0n) is 24.3. The molecule has 0 spiro atoms. The van der Waals surface area contributed by atoms with Gasteiger partial charge in [0.15, 0.2) is 18.2 Å². The molecule has 0 aliphatic rings. The van der Waals surface area contributed by atoms with Crippen molar-refractivity contribution < 1.29 is 27.1 Å². The van der Waals surface area contributed by atoms with Crippen LogP contribution in [0.15, 0.2) is 66.0 Å². The monoisotopic (exact) mass is 572 g/mol. The molecular weight excluding hydrogens is 532 g/mol. The third kappa shape index (κ3) is 8.27. The molecule has 1 heterocycles. The molecule has 2 aromatic carbocycles. The van der Waals surface area contributed by atoms with Gasteiger partial charge in [0.25, 0.3) is 0 Å². The molecule has 1 atom stereocenters. The lowest BCUT2D eigenvalue weighted by Gasteiger charge is -2.37. The summed E-state index contributed by atoms with van der Waals surface area (Å²) in [7, 11) is -5.36. The summed E-state index contributed by atoms with van der Waals surface area (Å²) in [6, 6.07) is 14.2. The number of rotatable bonds is 8. The summed E-state index contributed by atoms with van der Waals surface area (Å²) in [5.41, 5.74) is 1.66. The molecule has 0 radical (unpaired) electrons. The van der Waals surface area contributed by atoms with E-state index in [0.717, 1.165) is 11.1 Å². The summed E-state index contributed by atoms with van der Waals surface area (Å²) >= 11 is 0. The molecule has 0 amide bonds. The number of carbonyl (C=O) groups excluding carboxylic acids is 1. The van der Waals surface area contributed by atoms with Gasteiger partial charge in [0.2, 0.25) is 0 Å². The fourth-order valence-electron chi connectivity index (χ4n) is 3.38. The molecule has 39 heavy (non-hydrogen) atoms. The van der Waals surface area contributed by atoms with E-state index in [1.54, 1.807) is 30.5 Å². The van der Waals surface area contributed by atoms with Gasteiger partial charge in [-0.3, -0.25) is 0 Å². The molecule has 10 heteroatoms. The first-order valence-electron chi connectivity index (χ1n) is 12.8. The summed E-state index contributed by atoms with van der Waals surface area (Å²) in [6.07, 6.45) is 3.32. The molecule has 1 unspecified atom stereocenters. The second kappa shape index (κ2) is 11.3. The maximum absolute atomic E-state index is 12.3. The number of sulfone groups is 1. The van der Waals surface area contributed by atoms with E-state index in [4.69, 9.17) is 13.9 Å². The van der Waals surface area contributed by atoms with Gasteiger partial charge in [-0.25, -0.2) is 22.8 Å². The maximum Gasteiger partial charge on any atom is 0.419 e. The second-order valence-electron chi connectivity index (χ2n) is 12.2. The van der Waals surface area contributed by atoms with Crippen molar-refractivity contribution in [2.45, 2.75) is 76.3 Å². The minimum absolute atomic E-state index is 0.0298. The fourth-order valence-corrected chi connectivity index (χ4v) is 5.01. The van der Waals surface area contributed by atoms with Crippen LogP contribution in [-0.2, 0) is 19.0 Å². The Morgan fingerprint density at radius 1 is 0.974 bits per heavy atom. The Bertz CT molecular complexity index is 1380. The van der Waals surface area contributed by atoms with Gasteiger partial charge in [0.05, 0.1) is 17.2 Å². The van der Waals surface area contributed by atoms with E-state index in [0.29, 0.717) is 18.1 Å². The molecule has 0 aliphatic carbocycles. The summed E-state index contributed by atoms with van der Waals surface area (Å²) in [5, 5.41) is 0.0298. The van der Waals surface area contributed by atoms with Crippen LogP contribution in [0.1, 0.15) is 53.2 Å². The molecule has 0 aliphatic heterocycles. The molecule has 0 fully saturated rings. The van der Waals surface area contributed by atoms with E-state index in [1.165, 1.54) is 17.2 Å². The second-order valence-corrected chi connectivity index (χ2v) is 19.0. The average molecular weight is 573 g/mol. The summed E-state index contributed by atoms with van der Waals surface area (Å²) in [4.78, 5) is 16.9. The number of ether oxygens (including phenoxy) is 2. The van der Waals surface area contributed by atoms with Crippen molar-refractivity contribution in [1.29, 1.82) is 0 Å². The van der Waals surface area contributed by atoms with Crippen molar-refractivity contribution in [3.8, 4) is 17.0 Å².